The fourth-order valence-electron chi connectivity index (χ4n) is 6.70. The molecule has 1 saturated heterocycles. The highest BCUT2D eigenvalue weighted by molar-refractivity contribution is 7.16. The summed E-state index contributed by atoms with van der Waals surface area (Å²) in [5.41, 5.74) is 15.1. The summed E-state index contributed by atoms with van der Waals surface area (Å²) in [7, 11) is 0. The molecule has 0 radical (unpaired) electrons. The Morgan fingerprint density at radius 2 is 1.94 bits per heavy atom. The van der Waals surface area contributed by atoms with Gasteiger partial charge in [-0.2, -0.15) is 5.26 Å². The van der Waals surface area contributed by atoms with Crippen molar-refractivity contribution in [1.82, 2.24) is 9.97 Å². The van der Waals surface area contributed by atoms with E-state index >= 15 is 0 Å². The lowest BCUT2D eigenvalue weighted by molar-refractivity contribution is -0.122. The number of nitrogens with two attached hydrogens (primary N) is 2. The SMILES string of the molecule is N#Cc1c(N)sc2c1[C@]1(CCC/C(=C(/N)c3nc4c(c(=O)[nH]3)CCC43CCOC3)C1=O)CCC2. The molecule has 2 atom stereocenters. The maximum absolute atomic E-state index is 14.1. The van der Waals surface area contributed by atoms with Crippen molar-refractivity contribution in [1.29, 1.82) is 5.26 Å². The first kappa shape index (κ1) is 21.6. The highest BCUT2D eigenvalue weighted by atomic mass is 32.1. The van der Waals surface area contributed by atoms with Crippen molar-refractivity contribution >= 4 is 27.8 Å². The van der Waals surface area contributed by atoms with Gasteiger partial charge in [-0.25, -0.2) is 4.98 Å². The van der Waals surface area contributed by atoms with Crippen LogP contribution >= 0.6 is 11.3 Å². The molecule has 4 aliphatic rings. The van der Waals surface area contributed by atoms with Gasteiger partial charge in [-0.3, -0.25) is 9.59 Å². The molecule has 1 saturated carbocycles. The highest BCUT2D eigenvalue weighted by Crippen LogP contribution is 2.52. The molecule has 34 heavy (non-hydrogen) atoms. The highest BCUT2D eigenvalue weighted by Gasteiger charge is 2.50. The molecule has 5 N–H and O–H groups in total. The molecule has 2 aromatic rings. The van der Waals surface area contributed by atoms with E-state index in [1.807, 2.05) is 0 Å². The molecule has 8 nitrogen and oxygen atoms in total. The summed E-state index contributed by atoms with van der Waals surface area (Å²) in [6.07, 6.45) is 6.72. The largest absolute Gasteiger partial charge is 0.395 e. The number of Topliss-reactive ketones (excluding diaryl/α,β-unsaturated/α-hetero) is 1. The lowest BCUT2D eigenvalue weighted by Gasteiger charge is -2.40. The third-order valence-electron chi connectivity index (χ3n) is 8.40. The molecular weight excluding hydrogens is 450 g/mol. The number of fused-ring (bicyclic) bond motifs is 4. The molecule has 1 aliphatic heterocycles. The smallest absolute Gasteiger partial charge is 0.254 e. The van der Waals surface area contributed by atoms with Gasteiger partial charge in [-0.05, 0) is 63.4 Å². The number of nitrogens with one attached hydrogen (secondary N) is 1. The minimum absolute atomic E-state index is 0.0476. The Kier molecular flexibility index (Phi) is 4.77. The van der Waals surface area contributed by atoms with E-state index in [0.29, 0.717) is 60.6 Å². The molecular formula is C25H27N5O3S. The first-order valence-electron chi connectivity index (χ1n) is 12.0. The van der Waals surface area contributed by atoms with Gasteiger partial charge < -0.3 is 21.2 Å². The molecule has 3 heterocycles. The van der Waals surface area contributed by atoms with Crippen LogP contribution in [0.1, 0.15) is 78.0 Å². The van der Waals surface area contributed by atoms with Gasteiger partial charge >= 0.3 is 0 Å². The number of nitriles is 1. The van der Waals surface area contributed by atoms with Crippen LogP contribution in [0.15, 0.2) is 10.4 Å². The van der Waals surface area contributed by atoms with Crippen LogP contribution in [0.3, 0.4) is 0 Å². The summed E-state index contributed by atoms with van der Waals surface area (Å²) < 4.78 is 5.66. The maximum Gasteiger partial charge on any atom is 0.254 e. The van der Waals surface area contributed by atoms with Crippen LogP contribution in [0.4, 0.5) is 5.00 Å². The third-order valence-corrected chi connectivity index (χ3v) is 9.48. The molecule has 2 spiro atoms. The van der Waals surface area contributed by atoms with Crippen molar-refractivity contribution in [2.24, 2.45) is 5.73 Å². The minimum atomic E-state index is -0.775. The third kappa shape index (κ3) is 2.82. The number of ketones is 1. The fourth-order valence-corrected chi connectivity index (χ4v) is 7.86. The van der Waals surface area contributed by atoms with Gasteiger partial charge in [0.15, 0.2) is 11.6 Å². The first-order chi connectivity index (χ1) is 16.4. The summed E-state index contributed by atoms with van der Waals surface area (Å²) in [6.45, 7) is 1.22. The number of aryl methyl sites for hydroxylation is 1. The number of ether oxygens (including phenoxy) is 1. The van der Waals surface area contributed by atoms with Gasteiger partial charge in [-0.1, -0.05) is 0 Å². The summed E-state index contributed by atoms with van der Waals surface area (Å²) in [5, 5.41) is 10.3. The second-order valence-electron chi connectivity index (χ2n) is 10.1. The quantitative estimate of drug-likeness (QED) is 0.535. The predicted octanol–water partition coefficient (Wildman–Crippen LogP) is 2.59. The Morgan fingerprint density at radius 3 is 2.68 bits per heavy atom. The van der Waals surface area contributed by atoms with E-state index in [1.165, 1.54) is 11.3 Å². The van der Waals surface area contributed by atoms with Crippen LogP contribution in [0, 0.1) is 11.3 Å². The number of allylic oxidation sites excluding steroid dienone is 1. The number of H-pyrrole nitrogens is 1. The molecule has 1 unspecified atom stereocenters. The number of carbonyl (C=O) groups is 1. The van der Waals surface area contributed by atoms with Crippen molar-refractivity contribution < 1.29 is 9.53 Å². The number of rotatable bonds is 1. The molecule has 2 fully saturated rings. The number of anilines is 1. The average Bonchev–Trinajstić information content (AvgIpc) is 3.54. The van der Waals surface area contributed by atoms with Crippen molar-refractivity contribution in [3.05, 3.63) is 49.0 Å². The Morgan fingerprint density at radius 1 is 1.15 bits per heavy atom. The van der Waals surface area contributed by atoms with Crippen LogP contribution < -0.4 is 17.0 Å². The number of thiophene rings is 1. The monoisotopic (exact) mass is 477 g/mol. The number of nitrogen functional groups attached to an aromatic ring is 1. The molecule has 0 amide bonds. The van der Waals surface area contributed by atoms with Crippen LogP contribution in [0.25, 0.3) is 5.70 Å². The molecule has 0 bridgehead atoms. The second kappa shape index (κ2) is 7.52. The minimum Gasteiger partial charge on any atom is -0.395 e. The molecule has 3 aliphatic carbocycles. The van der Waals surface area contributed by atoms with Gasteiger partial charge in [0.1, 0.15) is 11.1 Å². The fraction of sp³-hybridized carbons (Fsp3) is 0.520. The van der Waals surface area contributed by atoms with Crippen molar-refractivity contribution in [2.45, 2.75) is 68.6 Å². The first-order valence-corrected chi connectivity index (χ1v) is 12.8. The van der Waals surface area contributed by atoms with Crippen LogP contribution in [0.5, 0.6) is 0 Å². The lowest BCUT2D eigenvalue weighted by Crippen LogP contribution is -2.43. The summed E-state index contributed by atoms with van der Waals surface area (Å²) in [6, 6.07) is 2.25. The van der Waals surface area contributed by atoms with Gasteiger partial charge in [0, 0.05) is 28.0 Å². The van der Waals surface area contributed by atoms with E-state index in [2.05, 4.69) is 11.1 Å². The lowest BCUT2D eigenvalue weighted by atomic mass is 9.61. The van der Waals surface area contributed by atoms with E-state index in [0.717, 1.165) is 48.2 Å². The molecule has 0 aromatic carbocycles. The van der Waals surface area contributed by atoms with Crippen molar-refractivity contribution in [2.75, 3.05) is 18.9 Å². The molecule has 9 heteroatoms. The topological polar surface area (TPSA) is 148 Å². The normalized spacial score (nSPS) is 29.3. The number of nitrogens with zero attached hydrogens (tertiary/aromatic N) is 2. The Hall–Kier alpha value is -2.96. The van der Waals surface area contributed by atoms with Gasteiger partial charge in [0.05, 0.1) is 29.0 Å². The molecule has 2 aromatic heterocycles. The second-order valence-corrected chi connectivity index (χ2v) is 11.2. The Bertz CT molecular complexity index is 1360. The summed E-state index contributed by atoms with van der Waals surface area (Å²) in [5.74, 6) is 0.229. The van der Waals surface area contributed by atoms with Crippen molar-refractivity contribution in [3.8, 4) is 6.07 Å². The average molecular weight is 478 g/mol. The van der Waals surface area contributed by atoms with E-state index < -0.39 is 5.41 Å². The number of hydrogen-bond acceptors (Lipinski definition) is 8. The van der Waals surface area contributed by atoms with Crippen LogP contribution in [0.2, 0.25) is 0 Å². The Labute approximate surface area is 201 Å². The van der Waals surface area contributed by atoms with Crippen molar-refractivity contribution in [3.63, 3.8) is 0 Å². The molecule has 6 rings (SSSR count). The van der Waals surface area contributed by atoms with E-state index in [9.17, 15) is 14.9 Å². The number of aromatic amines is 1. The van der Waals surface area contributed by atoms with E-state index in [1.54, 1.807) is 0 Å². The zero-order valence-electron chi connectivity index (χ0n) is 19.0. The Balaban J connectivity index is 1.48. The summed E-state index contributed by atoms with van der Waals surface area (Å²) >= 11 is 1.43. The maximum atomic E-state index is 14.1. The molecule has 176 valence electrons. The number of carbonyl (C=O) groups excluding carboxylic acids is 1. The predicted molar refractivity (Wildman–Crippen MR) is 128 cm³/mol. The van der Waals surface area contributed by atoms with Gasteiger partial charge in [-0.15, -0.1) is 11.3 Å². The zero-order valence-corrected chi connectivity index (χ0v) is 19.8. The van der Waals surface area contributed by atoms with Crippen LogP contribution in [-0.4, -0.2) is 29.0 Å². The zero-order chi connectivity index (χ0) is 23.7. The summed E-state index contributed by atoms with van der Waals surface area (Å²) in [4.78, 5) is 35.8. The van der Waals surface area contributed by atoms with E-state index in [4.69, 9.17) is 21.2 Å². The van der Waals surface area contributed by atoms with Gasteiger partial charge in [0.2, 0.25) is 0 Å². The van der Waals surface area contributed by atoms with Gasteiger partial charge in [0.25, 0.3) is 5.56 Å². The number of aromatic nitrogens is 2. The van der Waals surface area contributed by atoms with Crippen LogP contribution in [-0.2, 0) is 33.2 Å². The number of hydrogen-bond donors (Lipinski definition) is 3. The van der Waals surface area contributed by atoms with E-state index in [-0.39, 0.29) is 28.3 Å². The standard InChI is InChI=1S/C25H27N5O3S/c26-11-15-17-16(34-21(15)28)4-2-7-25(17)6-1-3-13(20(25)31)18(27)22-29-19-14(23(32)30-22)5-8-24(19)9-10-33-12-24/h1-10,12,27-28H2,(H,29,30,32)/b18-13-/t24?,25-/m0/s1.